The molecule has 0 heterocycles. The summed E-state index contributed by atoms with van der Waals surface area (Å²) in [5, 5.41) is 9.92. The van der Waals surface area contributed by atoms with Crippen molar-refractivity contribution >= 4 is 6.29 Å². The van der Waals surface area contributed by atoms with E-state index in [4.69, 9.17) is 0 Å². The van der Waals surface area contributed by atoms with Gasteiger partial charge in [-0.05, 0) is 31.6 Å². The smallest absolute Gasteiger partial charge is 0.120 e. The molecular weight excluding hydrogens is 164 g/mol. The van der Waals surface area contributed by atoms with E-state index < -0.39 is 5.60 Å². The molecule has 0 aromatic carbocycles. The molecule has 0 radical (unpaired) electrons. The largest absolute Gasteiger partial charge is 0.390 e. The molecule has 2 unspecified atom stereocenters. The summed E-state index contributed by atoms with van der Waals surface area (Å²) in [6, 6.07) is 0. The van der Waals surface area contributed by atoms with Crippen molar-refractivity contribution in [1.82, 2.24) is 0 Å². The van der Waals surface area contributed by atoms with Gasteiger partial charge in [-0.25, -0.2) is 0 Å². The summed E-state index contributed by atoms with van der Waals surface area (Å²) in [6.07, 6.45) is 3.26. The molecular formula is C11H22O2. The SMILES string of the molecule is CC(CC=O)CCC(C)(O)C(C)C. The van der Waals surface area contributed by atoms with E-state index in [2.05, 4.69) is 0 Å². The van der Waals surface area contributed by atoms with E-state index in [1.807, 2.05) is 27.7 Å². The van der Waals surface area contributed by atoms with Crippen molar-refractivity contribution in [2.24, 2.45) is 11.8 Å². The molecule has 0 aromatic heterocycles. The van der Waals surface area contributed by atoms with Crippen LogP contribution in [0.4, 0.5) is 0 Å². The monoisotopic (exact) mass is 186 g/mol. The Bertz CT molecular complexity index is 150. The van der Waals surface area contributed by atoms with E-state index in [-0.39, 0.29) is 5.92 Å². The number of rotatable bonds is 6. The Morgan fingerprint density at radius 1 is 1.38 bits per heavy atom. The molecule has 0 rings (SSSR count). The van der Waals surface area contributed by atoms with Crippen LogP contribution in [0.2, 0.25) is 0 Å². The van der Waals surface area contributed by atoms with Crippen LogP contribution in [0.5, 0.6) is 0 Å². The predicted octanol–water partition coefficient (Wildman–Crippen LogP) is 2.40. The van der Waals surface area contributed by atoms with Crippen LogP contribution in [0.25, 0.3) is 0 Å². The molecule has 0 aliphatic heterocycles. The van der Waals surface area contributed by atoms with Gasteiger partial charge in [0.1, 0.15) is 6.29 Å². The lowest BCUT2D eigenvalue weighted by Crippen LogP contribution is -2.31. The van der Waals surface area contributed by atoms with Crippen LogP contribution in [0.15, 0.2) is 0 Å². The third-order valence-electron chi connectivity index (χ3n) is 2.89. The van der Waals surface area contributed by atoms with Gasteiger partial charge in [-0.1, -0.05) is 20.8 Å². The first-order chi connectivity index (χ1) is 5.90. The second-order valence-electron chi connectivity index (χ2n) is 4.56. The quantitative estimate of drug-likeness (QED) is 0.647. The lowest BCUT2D eigenvalue weighted by atomic mass is 9.85. The highest BCUT2D eigenvalue weighted by atomic mass is 16.3. The highest BCUT2D eigenvalue weighted by molar-refractivity contribution is 5.49. The summed E-state index contributed by atoms with van der Waals surface area (Å²) in [5.41, 5.74) is -0.586. The van der Waals surface area contributed by atoms with Crippen molar-refractivity contribution in [2.75, 3.05) is 0 Å². The third-order valence-corrected chi connectivity index (χ3v) is 2.89. The molecule has 2 heteroatoms. The zero-order valence-corrected chi connectivity index (χ0v) is 9.21. The molecule has 0 amide bonds. The molecule has 0 saturated carbocycles. The van der Waals surface area contributed by atoms with Crippen LogP contribution in [-0.2, 0) is 4.79 Å². The maximum Gasteiger partial charge on any atom is 0.120 e. The summed E-state index contributed by atoms with van der Waals surface area (Å²) in [6.45, 7) is 7.95. The molecule has 13 heavy (non-hydrogen) atoms. The average Bonchev–Trinajstić information content (AvgIpc) is 2.01. The summed E-state index contributed by atoms with van der Waals surface area (Å²) in [7, 11) is 0. The van der Waals surface area contributed by atoms with Crippen LogP contribution < -0.4 is 0 Å². The van der Waals surface area contributed by atoms with Crippen molar-refractivity contribution in [3.63, 3.8) is 0 Å². The molecule has 0 spiro atoms. The second-order valence-corrected chi connectivity index (χ2v) is 4.56. The number of aliphatic hydroxyl groups is 1. The van der Waals surface area contributed by atoms with E-state index in [9.17, 15) is 9.90 Å². The van der Waals surface area contributed by atoms with Gasteiger partial charge in [0, 0.05) is 6.42 Å². The number of hydrogen-bond acceptors (Lipinski definition) is 2. The van der Waals surface area contributed by atoms with Crippen LogP contribution in [0, 0.1) is 11.8 Å². The molecule has 78 valence electrons. The molecule has 2 atom stereocenters. The van der Waals surface area contributed by atoms with Gasteiger partial charge >= 0.3 is 0 Å². The molecule has 0 saturated heterocycles. The fraction of sp³-hybridized carbons (Fsp3) is 0.909. The Morgan fingerprint density at radius 3 is 2.31 bits per heavy atom. The second kappa shape index (κ2) is 5.38. The van der Waals surface area contributed by atoms with Gasteiger partial charge in [0.25, 0.3) is 0 Å². The molecule has 0 aliphatic carbocycles. The van der Waals surface area contributed by atoms with Crippen LogP contribution >= 0.6 is 0 Å². The first kappa shape index (κ1) is 12.6. The van der Waals surface area contributed by atoms with Crippen LogP contribution in [0.3, 0.4) is 0 Å². The molecule has 0 aliphatic rings. The first-order valence-electron chi connectivity index (χ1n) is 5.06. The van der Waals surface area contributed by atoms with E-state index in [0.717, 1.165) is 19.1 Å². The maximum absolute atomic E-state index is 10.2. The Morgan fingerprint density at radius 2 is 1.92 bits per heavy atom. The average molecular weight is 186 g/mol. The fourth-order valence-electron chi connectivity index (χ4n) is 1.11. The van der Waals surface area contributed by atoms with E-state index >= 15 is 0 Å². The van der Waals surface area contributed by atoms with Gasteiger partial charge in [-0.15, -0.1) is 0 Å². The highest BCUT2D eigenvalue weighted by Crippen LogP contribution is 2.24. The minimum absolute atomic E-state index is 0.274. The standard InChI is InChI=1S/C11H22O2/c1-9(2)11(4,13)7-5-10(3)6-8-12/h8-10,13H,5-7H2,1-4H3. The third kappa shape index (κ3) is 5.04. The summed E-state index contributed by atoms with van der Waals surface area (Å²) in [4.78, 5) is 10.2. The Balaban J connectivity index is 3.80. The van der Waals surface area contributed by atoms with E-state index in [1.165, 1.54) is 0 Å². The fourth-order valence-corrected chi connectivity index (χ4v) is 1.11. The van der Waals surface area contributed by atoms with Gasteiger partial charge in [-0.2, -0.15) is 0 Å². The van der Waals surface area contributed by atoms with Gasteiger partial charge in [0.15, 0.2) is 0 Å². The Kier molecular flexibility index (Phi) is 5.23. The van der Waals surface area contributed by atoms with Crippen LogP contribution in [0.1, 0.15) is 47.0 Å². The lowest BCUT2D eigenvalue weighted by molar-refractivity contribution is -0.108. The lowest BCUT2D eigenvalue weighted by Gasteiger charge is -2.28. The van der Waals surface area contributed by atoms with Gasteiger partial charge < -0.3 is 9.90 Å². The topological polar surface area (TPSA) is 37.3 Å². The minimum atomic E-state index is -0.586. The van der Waals surface area contributed by atoms with Crippen molar-refractivity contribution in [3.05, 3.63) is 0 Å². The van der Waals surface area contributed by atoms with Crippen molar-refractivity contribution in [2.45, 2.75) is 52.6 Å². The number of aldehydes is 1. The Labute approximate surface area is 81.3 Å². The normalized spacial score (nSPS) is 18.3. The zero-order valence-electron chi connectivity index (χ0n) is 9.21. The first-order valence-corrected chi connectivity index (χ1v) is 5.06. The molecule has 2 nitrogen and oxygen atoms in total. The van der Waals surface area contributed by atoms with E-state index in [0.29, 0.717) is 12.3 Å². The molecule has 1 N–H and O–H groups in total. The van der Waals surface area contributed by atoms with Crippen molar-refractivity contribution in [1.29, 1.82) is 0 Å². The molecule has 0 fully saturated rings. The number of carbonyl (C=O) groups is 1. The zero-order chi connectivity index (χ0) is 10.5. The van der Waals surface area contributed by atoms with Crippen LogP contribution in [-0.4, -0.2) is 17.0 Å². The minimum Gasteiger partial charge on any atom is -0.390 e. The Hall–Kier alpha value is -0.370. The predicted molar refractivity (Wildman–Crippen MR) is 54.5 cm³/mol. The summed E-state index contributed by atoms with van der Waals surface area (Å²) >= 11 is 0. The molecule has 0 bridgehead atoms. The number of carbonyl (C=O) groups excluding carboxylic acids is 1. The van der Waals surface area contributed by atoms with Gasteiger partial charge in [-0.3, -0.25) is 0 Å². The summed E-state index contributed by atoms with van der Waals surface area (Å²) in [5.74, 6) is 0.665. The van der Waals surface area contributed by atoms with Gasteiger partial charge in [0.05, 0.1) is 5.60 Å². The highest BCUT2D eigenvalue weighted by Gasteiger charge is 2.24. The molecule has 0 aromatic rings. The van der Waals surface area contributed by atoms with Crippen molar-refractivity contribution < 1.29 is 9.90 Å². The van der Waals surface area contributed by atoms with E-state index in [1.54, 1.807) is 0 Å². The maximum atomic E-state index is 10.2. The number of hydrogen-bond donors (Lipinski definition) is 1. The summed E-state index contributed by atoms with van der Waals surface area (Å²) < 4.78 is 0. The van der Waals surface area contributed by atoms with Crippen molar-refractivity contribution in [3.8, 4) is 0 Å². The van der Waals surface area contributed by atoms with Gasteiger partial charge in [0.2, 0.25) is 0 Å².